The smallest absolute Gasteiger partial charge is 0.271 e. The number of nitrogens with one attached hydrogen (secondary N) is 2. The Kier molecular flexibility index (Phi) is 3.81. The molecule has 4 N–H and O–H groups in total. The lowest BCUT2D eigenvalue weighted by Crippen LogP contribution is -2.15. The number of nitro groups is 1. The van der Waals surface area contributed by atoms with Gasteiger partial charge in [0.05, 0.1) is 38.3 Å². The molecule has 0 aliphatic heterocycles. The number of nitrogens with two attached hydrogens (primary N) is 1. The van der Waals surface area contributed by atoms with Gasteiger partial charge < -0.3 is 11.1 Å². The Morgan fingerprint density at radius 1 is 1.48 bits per heavy atom. The summed E-state index contributed by atoms with van der Waals surface area (Å²) in [5, 5.41) is 20.1. The van der Waals surface area contributed by atoms with E-state index in [1.807, 2.05) is 0 Å². The highest BCUT2D eigenvalue weighted by Gasteiger charge is 2.20. The van der Waals surface area contributed by atoms with Gasteiger partial charge in [0.25, 0.3) is 11.6 Å². The molecule has 0 radical (unpaired) electrons. The van der Waals surface area contributed by atoms with E-state index in [0.717, 1.165) is 12.1 Å². The summed E-state index contributed by atoms with van der Waals surface area (Å²) in [6.45, 7) is 3.45. The first kappa shape index (κ1) is 14.8. The molecule has 1 heterocycles. The normalized spacial score (nSPS) is 10.4. The zero-order valence-electron chi connectivity index (χ0n) is 11.2. The second-order valence-electron chi connectivity index (χ2n) is 4.41. The lowest BCUT2D eigenvalue weighted by Gasteiger charge is -2.09. The monoisotopic (exact) mass is 309 g/mol. The van der Waals surface area contributed by atoms with Gasteiger partial charge in [0.1, 0.15) is 0 Å². The van der Waals surface area contributed by atoms with Gasteiger partial charge in [-0.2, -0.15) is 5.10 Å². The number of benzene rings is 1. The molecule has 1 amide bonds. The van der Waals surface area contributed by atoms with Crippen LogP contribution in [0.25, 0.3) is 0 Å². The van der Waals surface area contributed by atoms with Gasteiger partial charge in [-0.1, -0.05) is 11.6 Å². The fourth-order valence-corrected chi connectivity index (χ4v) is 2.03. The molecule has 0 aliphatic carbocycles. The van der Waals surface area contributed by atoms with Crippen LogP contribution in [0.1, 0.15) is 21.7 Å². The first-order valence-electron chi connectivity index (χ1n) is 5.87. The number of nitrogen functional groups attached to an aromatic ring is 1. The minimum absolute atomic E-state index is 0.0152. The number of non-ortho nitro benzene ring substituents is 1. The van der Waals surface area contributed by atoms with Gasteiger partial charge in [0, 0.05) is 12.1 Å². The second kappa shape index (κ2) is 5.41. The maximum absolute atomic E-state index is 12.3. The van der Waals surface area contributed by atoms with Crippen LogP contribution in [0, 0.1) is 24.0 Å². The van der Waals surface area contributed by atoms with Gasteiger partial charge in [-0.15, -0.1) is 0 Å². The molecule has 110 valence electrons. The Bertz CT molecular complexity index is 721. The topological polar surface area (TPSA) is 127 Å². The van der Waals surface area contributed by atoms with E-state index in [2.05, 4.69) is 15.5 Å². The van der Waals surface area contributed by atoms with Crippen molar-refractivity contribution >= 4 is 34.6 Å². The van der Waals surface area contributed by atoms with Gasteiger partial charge in [0.15, 0.2) is 0 Å². The van der Waals surface area contributed by atoms with Crippen LogP contribution in [-0.2, 0) is 0 Å². The fourth-order valence-electron chi connectivity index (χ4n) is 1.81. The molecule has 21 heavy (non-hydrogen) atoms. The lowest BCUT2D eigenvalue weighted by atomic mass is 10.1. The minimum atomic E-state index is -0.642. The molecule has 2 aromatic rings. The van der Waals surface area contributed by atoms with Crippen molar-refractivity contribution in [2.45, 2.75) is 13.8 Å². The summed E-state index contributed by atoms with van der Waals surface area (Å²) in [4.78, 5) is 22.4. The third kappa shape index (κ3) is 2.79. The van der Waals surface area contributed by atoms with E-state index in [1.165, 1.54) is 0 Å². The summed E-state index contributed by atoms with van der Waals surface area (Å²) in [6.07, 6.45) is 0. The molecule has 0 saturated carbocycles. The van der Waals surface area contributed by atoms with Crippen LogP contribution < -0.4 is 11.1 Å². The highest BCUT2D eigenvalue weighted by molar-refractivity contribution is 6.34. The van der Waals surface area contributed by atoms with Crippen LogP contribution in [-0.4, -0.2) is 21.0 Å². The Morgan fingerprint density at radius 3 is 2.67 bits per heavy atom. The van der Waals surface area contributed by atoms with Crippen LogP contribution in [0.4, 0.5) is 17.1 Å². The zero-order chi connectivity index (χ0) is 15.7. The molecule has 0 saturated heterocycles. The predicted octanol–water partition coefficient (Wildman–Crippen LogP) is 2.42. The molecule has 0 spiro atoms. The zero-order valence-corrected chi connectivity index (χ0v) is 12.0. The van der Waals surface area contributed by atoms with Crippen molar-refractivity contribution in [3.8, 4) is 0 Å². The van der Waals surface area contributed by atoms with Crippen LogP contribution in [0.2, 0.25) is 5.02 Å². The molecule has 8 nitrogen and oxygen atoms in total. The number of amides is 1. The highest BCUT2D eigenvalue weighted by atomic mass is 35.5. The number of nitrogens with zero attached hydrogens (tertiary/aromatic N) is 2. The highest BCUT2D eigenvalue weighted by Crippen LogP contribution is 2.29. The third-order valence-corrected chi connectivity index (χ3v) is 3.25. The van der Waals surface area contributed by atoms with E-state index in [4.69, 9.17) is 17.3 Å². The van der Waals surface area contributed by atoms with Crippen LogP contribution in [0.15, 0.2) is 12.1 Å². The van der Waals surface area contributed by atoms with Gasteiger partial charge >= 0.3 is 0 Å². The molecular weight excluding hydrogens is 298 g/mol. The molecule has 2 rings (SSSR count). The number of anilines is 2. The summed E-state index contributed by atoms with van der Waals surface area (Å²) in [5.74, 6) is -0.592. The van der Waals surface area contributed by atoms with E-state index in [1.54, 1.807) is 13.8 Å². The summed E-state index contributed by atoms with van der Waals surface area (Å²) in [7, 11) is 0. The molecule has 0 fully saturated rings. The number of aryl methyl sites for hydroxylation is 2. The SMILES string of the molecule is Cc1n[nH]c(C)c1NC(=O)c1cc([N+](=O)[O-])cc(Cl)c1N. The third-order valence-electron chi connectivity index (χ3n) is 2.94. The largest absolute Gasteiger partial charge is 0.397 e. The summed E-state index contributed by atoms with van der Waals surface area (Å²) in [5.41, 5.74) is 7.10. The fraction of sp³-hybridized carbons (Fsp3) is 0.167. The van der Waals surface area contributed by atoms with Crippen molar-refractivity contribution in [1.29, 1.82) is 0 Å². The standard InChI is InChI=1S/C12H12ClN5O3/c1-5-11(6(2)17-16-5)15-12(19)8-3-7(18(20)21)4-9(13)10(8)14/h3-4H,14H2,1-2H3,(H,15,19)(H,16,17). The van der Waals surface area contributed by atoms with Crippen LogP contribution in [0.5, 0.6) is 0 Å². The Labute approximate surface area is 124 Å². The number of aromatic amines is 1. The number of hydrogen-bond donors (Lipinski definition) is 3. The molecule has 1 aromatic heterocycles. The lowest BCUT2D eigenvalue weighted by molar-refractivity contribution is -0.384. The number of carbonyl (C=O) groups is 1. The average molecular weight is 310 g/mol. The van der Waals surface area contributed by atoms with Gasteiger partial charge in [0.2, 0.25) is 0 Å². The minimum Gasteiger partial charge on any atom is -0.397 e. The van der Waals surface area contributed by atoms with E-state index < -0.39 is 10.8 Å². The molecule has 0 unspecified atom stereocenters. The van der Waals surface area contributed by atoms with Crippen molar-refractivity contribution in [1.82, 2.24) is 10.2 Å². The van der Waals surface area contributed by atoms with E-state index >= 15 is 0 Å². The number of nitro benzene ring substituents is 1. The molecule has 0 aliphatic rings. The van der Waals surface area contributed by atoms with Crippen molar-refractivity contribution in [2.75, 3.05) is 11.1 Å². The summed E-state index contributed by atoms with van der Waals surface area (Å²) in [6, 6.07) is 2.18. The average Bonchev–Trinajstić information content (AvgIpc) is 2.73. The number of rotatable bonds is 3. The predicted molar refractivity (Wildman–Crippen MR) is 78.5 cm³/mol. The quantitative estimate of drug-likeness (QED) is 0.456. The number of aromatic nitrogens is 2. The number of carbonyl (C=O) groups excluding carboxylic acids is 1. The van der Waals surface area contributed by atoms with Crippen LogP contribution >= 0.6 is 11.6 Å². The second-order valence-corrected chi connectivity index (χ2v) is 4.82. The molecule has 9 heteroatoms. The Hall–Kier alpha value is -2.61. The number of hydrogen-bond acceptors (Lipinski definition) is 5. The maximum Gasteiger partial charge on any atom is 0.271 e. The first-order valence-corrected chi connectivity index (χ1v) is 6.25. The molecule has 1 aromatic carbocycles. The molecular formula is C12H12ClN5O3. The summed E-state index contributed by atoms with van der Waals surface area (Å²) < 4.78 is 0. The van der Waals surface area contributed by atoms with Crippen molar-refractivity contribution in [3.63, 3.8) is 0 Å². The van der Waals surface area contributed by atoms with Crippen LogP contribution in [0.3, 0.4) is 0 Å². The van der Waals surface area contributed by atoms with Crippen molar-refractivity contribution in [2.24, 2.45) is 0 Å². The Balaban J connectivity index is 2.42. The van der Waals surface area contributed by atoms with Gasteiger partial charge in [-0.3, -0.25) is 20.0 Å². The van der Waals surface area contributed by atoms with Crippen molar-refractivity contribution < 1.29 is 9.72 Å². The van der Waals surface area contributed by atoms with E-state index in [9.17, 15) is 14.9 Å². The van der Waals surface area contributed by atoms with E-state index in [-0.39, 0.29) is 22.0 Å². The summed E-state index contributed by atoms with van der Waals surface area (Å²) >= 11 is 5.82. The Morgan fingerprint density at radius 2 is 2.14 bits per heavy atom. The number of H-pyrrole nitrogens is 1. The van der Waals surface area contributed by atoms with Crippen molar-refractivity contribution in [3.05, 3.63) is 44.2 Å². The first-order chi connectivity index (χ1) is 9.81. The number of halogens is 1. The molecule has 0 bridgehead atoms. The van der Waals surface area contributed by atoms with Gasteiger partial charge in [-0.05, 0) is 13.8 Å². The maximum atomic E-state index is 12.3. The van der Waals surface area contributed by atoms with Gasteiger partial charge in [-0.25, -0.2) is 0 Å². The van der Waals surface area contributed by atoms with E-state index in [0.29, 0.717) is 17.1 Å². The molecule has 0 atom stereocenters.